The number of nitrogens with one attached hydrogen (secondary N) is 2. The molecule has 0 atom stereocenters. The summed E-state index contributed by atoms with van der Waals surface area (Å²) in [4.78, 5) is 21.4. The molecule has 0 radical (unpaired) electrons. The average Bonchev–Trinajstić information content (AvgIpc) is 2.81. The van der Waals surface area contributed by atoms with E-state index in [1.807, 2.05) is 0 Å². The Bertz CT molecular complexity index is 954. The second kappa shape index (κ2) is 4.31. The van der Waals surface area contributed by atoms with E-state index in [4.69, 9.17) is 0 Å². The topological polar surface area (TPSA) is 95.7 Å². The molecule has 0 fully saturated rings. The van der Waals surface area contributed by atoms with Crippen LogP contribution in [0.4, 0.5) is 0 Å². The highest BCUT2D eigenvalue weighted by Gasteiger charge is 2.15. The molecule has 3 aromatic rings. The summed E-state index contributed by atoms with van der Waals surface area (Å²) in [6.07, 6.45) is 1.14. The molecule has 1 aromatic carbocycles. The summed E-state index contributed by atoms with van der Waals surface area (Å²) in [7, 11) is -3.36. The van der Waals surface area contributed by atoms with Crippen molar-refractivity contribution in [3.8, 4) is 11.5 Å². The molecule has 0 aliphatic heterocycles. The summed E-state index contributed by atoms with van der Waals surface area (Å²) in [6.45, 7) is 0. The number of aromatic amines is 2. The van der Waals surface area contributed by atoms with Gasteiger partial charge in [-0.2, -0.15) is 0 Å². The van der Waals surface area contributed by atoms with Gasteiger partial charge < -0.3 is 9.97 Å². The van der Waals surface area contributed by atoms with Gasteiger partial charge in [-0.25, -0.2) is 13.4 Å². The third kappa shape index (κ3) is 2.12. The molecule has 3 rings (SSSR count). The van der Waals surface area contributed by atoms with E-state index in [1.165, 1.54) is 12.1 Å². The number of pyridine rings is 1. The molecular weight excluding hydrogens is 278 g/mol. The van der Waals surface area contributed by atoms with E-state index in [-0.39, 0.29) is 10.5 Å². The highest BCUT2D eigenvalue weighted by atomic mass is 32.2. The summed E-state index contributed by atoms with van der Waals surface area (Å²) < 4.78 is 23.5. The molecule has 0 unspecified atom stereocenters. The molecule has 0 saturated carbocycles. The fourth-order valence-corrected chi connectivity index (χ4v) is 2.85. The second-order valence-corrected chi connectivity index (χ2v) is 6.42. The van der Waals surface area contributed by atoms with E-state index in [0.717, 1.165) is 6.26 Å². The SMILES string of the molecule is CS(=O)(=O)c1cccc2[nH]c(-c3cccc(=O)[nH]3)nc12. The van der Waals surface area contributed by atoms with E-state index in [0.29, 0.717) is 22.6 Å². The number of H-pyrrole nitrogens is 2. The Morgan fingerprint density at radius 1 is 1.05 bits per heavy atom. The zero-order valence-electron chi connectivity index (χ0n) is 10.5. The van der Waals surface area contributed by atoms with E-state index in [1.54, 1.807) is 24.3 Å². The van der Waals surface area contributed by atoms with Crippen molar-refractivity contribution in [1.29, 1.82) is 0 Å². The van der Waals surface area contributed by atoms with Crippen LogP contribution in [-0.2, 0) is 9.84 Å². The lowest BCUT2D eigenvalue weighted by molar-refractivity contribution is 0.602. The second-order valence-electron chi connectivity index (χ2n) is 4.44. The molecule has 0 aliphatic carbocycles. The summed E-state index contributed by atoms with van der Waals surface area (Å²) in [5, 5.41) is 0. The fraction of sp³-hybridized carbons (Fsp3) is 0.0769. The predicted molar refractivity (Wildman–Crippen MR) is 75.3 cm³/mol. The maximum atomic E-state index is 11.7. The van der Waals surface area contributed by atoms with Crippen LogP contribution in [0.1, 0.15) is 0 Å². The van der Waals surface area contributed by atoms with Crippen LogP contribution >= 0.6 is 0 Å². The first-order valence-electron chi connectivity index (χ1n) is 5.84. The number of aromatic nitrogens is 3. The largest absolute Gasteiger partial charge is 0.337 e. The molecule has 0 aliphatic rings. The summed E-state index contributed by atoms with van der Waals surface area (Å²) in [5.41, 5.74) is 1.24. The maximum Gasteiger partial charge on any atom is 0.248 e. The third-order valence-corrected chi connectivity index (χ3v) is 4.03. The first-order valence-corrected chi connectivity index (χ1v) is 7.73. The van der Waals surface area contributed by atoms with Gasteiger partial charge in [-0.1, -0.05) is 12.1 Å². The van der Waals surface area contributed by atoms with Crippen molar-refractivity contribution in [3.63, 3.8) is 0 Å². The molecule has 7 heteroatoms. The van der Waals surface area contributed by atoms with Crippen molar-refractivity contribution < 1.29 is 8.42 Å². The van der Waals surface area contributed by atoms with Crippen LogP contribution < -0.4 is 5.56 Å². The minimum atomic E-state index is -3.36. The monoisotopic (exact) mass is 289 g/mol. The predicted octanol–water partition coefficient (Wildman–Crippen LogP) is 1.32. The summed E-state index contributed by atoms with van der Waals surface area (Å²) in [6, 6.07) is 9.60. The zero-order valence-corrected chi connectivity index (χ0v) is 11.4. The van der Waals surface area contributed by atoms with Gasteiger partial charge in [0.15, 0.2) is 15.7 Å². The third-order valence-electron chi connectivity index (χ3n) is 2.90. The molecule has 102 valence electrons. The van der Waals surface area contributed by atoms with Crippen LogP contribution in [0, 0.1) is 0 Å². The van der Waals surface area contributed by atoms with Crippen LogP contribution in [0.3, 0.4) is 0 Å². The Hall–Kier alpha value is -2.41. The Morgan fingerprint density at radius 3 is 2.50 bits per heavy atom. The van der Waals surface area contributed by atoms with Gasteiger partial charge in [0.2, 0.25) is 5.56 Å². The Kier molecular flexibility index (Phi) is 2.72. The van der Waals surface area contributed by atoms with Gasteiger partial charge >= 0.3 is 0 Å². The number of para-hydroxylation sites is 1. The number of nitrogens with zero attached hydrogens (tertiary/aromatic N) is 1. The van der Waals surface area contributed by atoms with E-state index in [2.05, 4.69) is 15.0 Å². The van der Waals surface area contributed by atoms with Gasteiger partial charge in [0, 0.05) is 12.3 Å². The van der Waals surface area contributed by atoms with Crippen molar-refractivity contribution in [2.24, 2.45) is 0 Å². The van der Waals surface area contributed by atoms with Crippen molar-refractivity contribution in [2.45, 2.75) is 4.90 Å². The zero-order chi connectivity index (χ0) is 14.3. The summed E-state index contributed by atoms with van der Waals surface area (Å²) in [5.74, 6) is 0.425. The minimum absolute atomic E-state index is 0.163. The van der Waals surface area contributed by atoms with E-state index >= 15 is 0 Å². The number of fused-ring (bicyclic) bond motifs is 1. The molecule has 0 amide bonds. The smallest absolute Gasteiger partial charge is 0.248 e. The number of rotatable bonds is 2. The number of hydrogen-bond donors (Lipinski definition) is 2. The number of imidazole rings is 1. The average molecular weight is 289 g/mol. The van der Waals surface area contributed by atoms with Crippen LogP contribution in [0.15, 0.2) is 46.1 Å². The molecule has 2 N–H and O–H groups in total. The van der Waals surface area contributed by atoms with Gasteiger partial charge in [-0.15, -0.1) is 0 Å². The van der Waals surface area contributed by atoms with Gasteiger partial charge in [0.25, 0.3) is 0 Å². The summed E-state index contributed by atoms with van der Waals surface area (Å²) >= 11 is 0. The van der Waals surface area contributed by atoms with Gasteiger partial charge in [0.1, 0.15) is 5.52 Å². The molecule has 0 bridgehead atoms. The Morgan fingerprint density at radius 2 is 1.80 bits per heavy atom. The van der Waals surface area contributed by atoms with Crippen molar-refractivity contribution in [3.05, 3.63) is 46.8 Å². The lowest BCUT2D eigenvalue weighted by atomic mass is 10.3. The number of hydrogen-bond acceptors (Lipinski definition) is 4. The molecule has 6 nitrogen and oxygen atoms in total. The molecule has 0 spiro atoms. The quantitative estimate of drug-likeness (QED) is 0.743. The van der Waals surface area contributed by atoms with Crippen LogP contribution in [0.25, 0.3) is 22.6 Å². The first kappa shape index (κ1) is 12.6. The van der Waals surface area contributed by atoms with Crippen molar-refractivity contribution >= 4 is 20.9 Å². The number of benzene rings is 1. The van der Waals surface area contributed by atoms with Gasteiger partial charge in [-0.3, -0.25) is 4.79 Å². The Balaban J connectivity index is 2.29. The van der Waals surface area contributed by atoms with Crippen LogP contribution in [-0.4, -0.2) is 29.6 Å². The van der Waals surface area contributed by atoms with Crippen LogP contribution in [0.5, 0.6) is 0 Å². The van der Waals surface area contributed by atoms with Crippen molar-refractivity contribution in [1.82, 2.24) is 15.0 Å². The highest BCUT2D eigenvalue weighted by Crippen LogP contribution is 2.24. The Labute approximate surface area is 114 Å². The fourth-order valence-electron chi connectivity index (χ4n) is 2.02. The molecule has 20 heavy (non-hydrogen) atoms. The normalized spacial score (nSPS) is 11.8. The maximum absolute atomic E-state index is 11.7. The highest BCUT2D eigenvalue weighted by molar-refractivity contribution is 7.91. The molecule has 2 heterocycles. The van der Waals surface area contributed by atoms with E-state index in [9.17, 15) is 13.2 Å². The van der Waals surface area contributed by atoms with Crippen LogP contribution in [0.2, 0.25) is 0 Å². The standard InChI is InChI=1S/C13H11N3O3S/c1-20(18,19)10-6-2-4-8-12(10)16-13(15-8)9-5-3-7-11(17)14-9/h2-7H,1H3,(H,14,17)(H,15,16). The lowest BCUT2D eigenvalue weighted by Crippen LogP contribution is -2.04. The number of sulfone groups is 1. The molecule has 0 saturated heterocycles. The van der Waals surface area contributed by atoms with Gasteiger partial charge in [-0.05, 0) is 18.2 Å². The molecular formula is C13H11N3O3S. The first-order chi connectivity index (χ1) is 9.45. The van der Waals surface area contributed by atoms with E-state index < -0.39 is 9.84 Å². The lowest BCUT2D eigenvalue weighted by Gasteiger charge is -1.97. The minimum Gasteiger partial charge on any atom is -0.337 e. The van der Waals surface area contributed by atoms with Gasteiger partial charge in [0.05, 0.1) is 16.1 Å². The molecule has 2 aromatic heterocycles. The van der Waals surface area contributed by atoms with Crippen molar-refractivity contribution in [2.75, 3.05) is 6.26 Å².